The molecule has 4 aromatic rings. The fourth-order valence-electron chi connectivity index (χ4n) is 6.29. The van der Waals surface area contributed by atoms with Crippen LogP contribution in [0.15, 0.2) is 97.3 Å². The van der Waals surface area contributed by atoms with E-state index in [0.717, 1.165) is 28.8 Å². The molecule has 3 atom stereocenters. The van der Waals surface area contributed by atoms with Gasteiger partial charge in [0.2, 0.25) is 0 Å². The predicted molar refractivity (Wildman–Crippen MR) is 138 cm³/mol. The van der Waals surface area contributed by atoms with Crippen molar-refractivity contribution in [3.8, 4) is 11.1 Å². The first-order valence-electron chi connectivity index (χ1n) is 12.2. The van der Waals surface area contributed by atoms with Gasteiger partial charge in [0.05, 0.1) is 5.56 Å². The topological polar surface area (TPSA) is 32.3 Å². The van der Waals surface area contributed by atoms with Crippen molar-refractivity contribution in [1.29, 1.82) is 0 Å². The van der Waals surface area contributed by atoms with Gasteiger partial charge in [-0.3, -0.25) is 0 Å². The fraction of sp³-hybridized carbons (Fsp3) is 0.200. The van der Waals surface area contributed by atoms with Gasteiger partial charge in [-0.05, 0) is 41.0 Å². The third-order valence-corrected chi connectivity index (χ3v) is 8.42. The number of hydrogen-bond acceptors (Lipinski definition) is 4. The van der Waals surface area contributed by atoms with Crippen molar-refractivity contribution in [2.45, 2.75) is 31.6 Å². The first-order chi connectivity index (χ1) is 17.7. The van der Waals surface area contributed by atoms with Crippen LogP contribution in [0.3, 0.4) is 0 Å². The third-order valence-electron chi connectivity index (χ3n) is 8.42. The zero-order valence-electron chi connectivity index (χ0n) is 20.2. The van der Waals surface area contributed by atoms with E-state index in [4.69, 9.17) is 9.97 Å². The highest BCUT2D eigenvalue weighted by molar-refractivity contribution is 5.89. The Kier molecular flexibility index (Phi) is 4.31. The van der Waals surface area contributed by atoms with Gasteiger partial charge < -0.3 is 9.80 Å². The van der Waals surface area contributed by atoms with E-state index in [9.17, 15) is 13.2 Å². The minimum absolute atomic E-state index is 0.162. The molecular formula is C30H23F3N4. The second-order valence-electron chi connectivity index (χ2n) is 10.2. The first-order valence-corrected chi connectivity index (χ1v) is 12.2. The van der Waals surface area contributed by atoms with Gasteiger partial charge in [0.1, 0.15) is 6.17 Å². The van der Waals surface area contributed by atoms with Gasteiger partial charge in [0.15, 0.2) is 11.6 Å². The summed E-state index contributed by atoms with van der Waals surface area (Å²) in [6.45, 7) is 4.45. The van der Waals surface area contributed by atoms with Crippen LogP contribution in [0.4, 0.5) is 36.2 Å². The molecule has 7 heteroatoms. The normalized spacial score (nSPS) is 25.2. The van der Waals surface area contributed by atoms with Crippen LogP contribution in [0.25, 0.3) is 11.1 Å². The van der Waals surface area contributed by atoms with Crippen molar-refractivity contribution in [2.24, 2.45) is 5.41 Å². The van der Waals surface area contributed by atoms with E-state index in [0.29, 0.717) is 11.4 Å². The average Bonchev–Trinajstić information content (AvgIpc) is 3.26. The Bertz CT molecular complexity index is 1580. The van der Waals surface area contributed by atoms with Crippen LogP contribution in [-0.2, 0) is 11.6 Å². The minimum Gasteiger partial charge on any atom is -0.301 e. The van der Waals surface area contributed by atoms with E-state index in [-0.39, 0.29) is 22.6 Å². The van der Waals surface area contributed by atoms with Crippen LogP contribution >= 0.6 is 0 Å². The third kappa shape index (κ3) is 2.79. The van der Waals surface area contributed by atoms with E-state index in [1.54, 1.807) is 18.5 Å². The number of alkyl halides is 3. The maximum Gasteiger partial charge on any atom is 0.417 e. The summed E-state index contributed by atoms with van der Waals surface area (Å²) in [5.41, 5.74) is 2.32. The first kappa shape index (κ1) is 22.1. The Labute approximate surface area is 212 Å². The molecule has 1 aliphatic carbocycles. The molecule has 0 amide bonds. The number of hydrogen-bond donors (Lipinski definition) is 0. The van der Waals surface area contributed by atoms with Gasteiger partial charge in [-0.1, -0.05) is 74.5 Å². The number of aromatic nitrogens is 2. The number of halogens is 3. The van der Waals surface area contributed by atoms with Gasteiger partial charge in [-0.2, -0.15) is 13.2 Å². The molecule has 0 saturated carbocycles. The van der Waals surface area contributed by atoms with E-state index < -0.39 is 11.7 Å². The fourth-order valence-corrected chi connectivity index (χ4v) is 6.29. The number of rotatable bonds is 2. The zero-order chi connectivity index (χ0) is 25.6. The van der Waals surface area contributed by atoms with Crippen molar-refractivity contribution in [1.82, 2.24) is 9.97 Å². The number of benzene rings is 3. The smallest absolute Gasteiger partial charge is 0.301 e. The maximum absolute atomic E-state index is 13.9. The highest BCUT2D eigenvalue weighted by Crippen LogP contribution is 2.66. The number of anilines is 4. The second kappa shape index (κ2) is 7.22. The summed E-state index contributed by atoms with van der Waals surface area (Å²) >= 11 is 0. The second-order valence-corrected chi connectivity index (χ2v) is 10.2. The molecule has 7 rings (SSSR count). The van der Waals surface area contributed by atoms with Crippen molar-refractivity contribution < 1.29 is 13.2 Å². The molecule has 3 unspecified atom stereocenters. The molecule has 0 bridgehead atoms. The molecule has 0 radical (unpaired) electrons. The SMILES string of the molecule is CC12C=CC1(C)C1N(c3ccccc3)c3nccnc3N1c1cc(-c3ccccc3C(F)(F)F)ccc12. The van der Waals surface area contributed by atoms with Crippen LogP contribution in [-0.4, -0.2) is 16.1 Å². The lowest BCUT2D eigenvalue weighted by Crippen LogP contribution is -2.64. The van der Waals surface area contributed by atoms with Crippen molar-refractivity contribution in [2.75, 3.05) is 9.80 Å². The quantitative estimate of drug-likeness (QED) is 0.267. The van der Waals surface area contributed by atoms with Crippen LogP contribution < -0.4 is 9.80 Å². The Morgan fingerprint density at radius 3 is 2.14 bits per heavy atom. The van der Waals surface area contributed by atoms with Gasteiger partial charge >= 0.3 is 6.18 Å². The standard InChI is InChI=1S/C30H23F3N4/c1-28-14-15-29(28,2)27-36(20-8-4-3-5-9-20)25-26(35-17-16-34-25)37(27)24-18-19(12-13-23(24)28)21-10-6-7-11-22(21)30(31,32)33/h3-18,27H,1-2H3. The van der Waals surface area contributed by atoms with E-state index in [1.165, 1.54) is 12.1 Å². The lowest BCUT2D eigenvalue weighted by molar-refractivity contribution is -0.137. The number of para-hydroxylation sites is 1. The van der Waals surface area contributed by atoms with Crippen LogP contribution in [0.2, 0.25) is 0 Å². The summed E-state index contributed by atoms with van der Waals surface area (Å²) in [4.78, 5) is 13.8. The zero-order valence-corrected chi connectivity index (χ0v) is 20.2. The Morgan fingerprint density at radius 2 is 1.46 bits per heavy atom. The van der Waals surface area contributed by atoms with E-state index in [1.807, 2.05) is 36.4 Å². The molecule has 3 aliphatic rings. The highest BCUT2D eigenvalue weighted by atomic mass is 19.4. The largest absolute Gasteiger partial charge is 0.417 e. The van der Waals surface area contributed by atoms with Crippen LogP contribution in [0.5, 0.6) is 0 Å². The maximum atomic E-state index is 13.9. The Morgan fingerprint density at radius 1 is 0.784 bits per heavy atom. The molecule has 0 spiro atoms. The molecule has 4 nitrogen and oxygen atoms in total. The molecule has 37 heavy (non-hydrogen) atoms. The minimum atomic E-state index is -4.45. The summed E-state index contributed by atoms with van der Waals surface area (Å²) in [6, 6.07) is 21.5. The molecule has 2 aliphatic heterocycles. The van der Waals surface area contributed by atoms with Gasteiger partial charge in [-0.15, -0.1) is 0 Å². The summed E-state index contributed by atoms with van der Waals surface area (Å²) in [7, 11) is 0. The molecule has 0 saturated heterocycles. The molecule has 1 aromatic heterocycles. The monoisotopic (exact) mass is 496 g/mol. The average molecular weight is 497 g/mol. The summed E-state index contributed by atoms with van der Waals surface area (Å²) < 4.78 is 41.7. The lowest BCUT2D eigenvalue weighted by atomic mass is 9.50. The molecule has 3 heterocycles. The Hall–Kier alpha value is -4.13. The Balaban J connectivity index is 1.50. The molecule has 0 fully saturated rings. The van der Waals surface area contributed by atoms with Gasteiger partial charge in [-0.25, -0.2) is 9.97 Å². The number of fused-ring (bicyclic) bond motifs is 8. The summed E-state index contributed by atoms with van der Waals surface area (Å²) in [5, 5.41) is 0. The van der Waals surface area contributed by atoms with Gasteiger partial charge in [0, 0.05) is 34.6 Å². The summed E-state index contributed by atoms with van der Waals surface area (Å²) in [6.07, 6.45) is 3.15. The number of nitrogens with zero attached hydrogens (tertiary/aromatic N) is 4. The van der Waals surface area contributed by atoms with Gasteiger partial charge in [0.25, 0.3) is 0 Å². The molecule has 0 N–H and O–H groups in total. The molecule has 3 aromatic carbocycles. The molecule has 184 valence electrons. The number of allylic oxidation sites excluding steroid dienone is 1. The van der Waals surface area contributed by atoms with E-state index in [2.05, 4.69) is 47.9 Å². The van der Waals surface area contributed by atoms with Crippen molar-refractivity contribution in [3.63, 3.8) is 0 Å². The molecular weight excluding hydrogens is 473 g/mol. The predicted octanol–water partition coefficient (Wildman–Crippen LogP) is 7.63. The summed E-state index contributed by atoms with van der Waals surface area (Å²) in [5.74, 6) is 1.43. The van der Waals surface area contributed by atoms with E-state index >= 15 is 0 Å². The van der Waals surface area contributed by atoms with Crippen LogP contribution in [0, 0.1) is 5.41 Å². The van der Waals surface area contributed by atoms with Crippen LogP contribution in [0.1, 0.15) is 25.0 Å². The van der Waals surface area contributed by atoms with Crippen molar-refractivity contribution in [3.05, 3.63) is 108 Å². The lowest BCUT2D eigenvalue weighted by Gasteiger charge is -2.61. The highest BCUT2D eigenvalue weighted by Gasteiger charge is 2.64. The van der Waals surface area contributed by atoms with Crippen molar-refractivity contribution >= 4 is 23.0 Å².